The van der Waals surface area contributed by atoms with E-state index in [1.807, 2.05) is 0 Å². The molecule has 26 heavy (non-hydrogen) atoms. The second-order valence-electron chi connectivity index (χ2n) is 4.68. The first kappa shape index (κ1) is 21.7. The van der Waals surface area contributed by atoms with E-state index < -0.39 is 16.5 Å². The number of phenols is 2. The molecule has 2 aromatic carbocycles. The Hall–Kier alpha value is -2.32. The van der Waals surface area contributed by atoms with Crippen molar-refractivity contribution in [3.63, 3.8) is 0 Å². The quantitative estimate of drug-likeness (QED) is 0.289. The number of rotatable bonds is 0. The van der Waals surface area contributed by atoms with E-state index in [0.717, 1.165) is 0 Å². The molecule has 3 rings (SSSR count). The van der Waals surface area contributed by atoms with Gasteiger partial charge >= 0.3 is 16.5 Å². The molecule has 2 aromatic rings. The highest BCUT2D eigenvalue weighted by atomic mass is 31.1. The number of carbonyl (C=O) groups excluding carboxylic acids is 2. The average molecular weight is 404 g/mol. The van der Waals surface area contributed by atoms with Crippen LogP contribution in [0.4, 0.5) is 0 Å². The van der Waals surface area contributed by atoms with E-state index in [4.69, 9.17) is 28.7 Å². The lowest BCUT2D eigenvalue weighted by molar-refractivity contribution is 0.0978. The third kappa shape index (κ3) is 5.89. The first-order chi connectivity index (χ1) is 12.0. The van der Waals surface area contributed by atoms with Crippen LogP contribution in [0.5, 0.6) is 11.5 Å². The zero-order chi connectivity index (χ0) is 20.0. The molecular weight excluding hydrogens is 390 g/mol. The van der Waals surface area contributed by atoms with Gasteiger partial charge in [0.2, 0.25) is 0 Å². The maximum Gasteiger partial charge on any atom is 0.314 e. The number of hydrogen-bond acceptors (Lipinski definition) is 6. The molecule has 0 fully saturated rings. The first-order valence-electron chi connectivity index (χ1n) is 6.63. The minimum Gasteiger partial charge on any atom is -0.508 e. The van der Waals surface area contributed by atoms with E-state index >= 15 is 0 Å². The number of hydrogen-bond donors (Lipinski definition) is 6. The van der Waals surface area contributed by atoms with Crippen molar-refractivity contribution in [3.05, 3.63) is 58.7 Å². The largest absolute Gasteiger partial charge is 0.508 e. The Labute approximate surface area is 147 Å². The van der Waals surface area contributed by atoms with Gasteiger partial charge in [-0.2, -0.15) is 0 Å². The van der Waals surface area contributed by atoms with Gasteiger partial charge in [0.1, 0.15) is 11.5 Å². The van der Waals surface area contributed by atoms with Crippen molar-refractivity contribution in [1.29, 1.82) is 0 Å². The Kier molecular flexibility index (Phi) is 7.85. The lowest BCUT2D eigenvalue weighted by atomic mass is 9.84. The summed E-state index contributed by atoms with van der Waals surface area (Å²) in [6.45, 7) is 0. The number of benzene rings is 2. The fraction of sp³-hybridized carbons (Fsp3) is 0. The number of aromatic hydroxyl groups is 2. The summed E-state index contributed by atoms with van der Waals surface area (Å²) in [6.07, 6.45) is 0. The molecule has 0 unspecified atom stereocenters. The summed E-state index contributed by atoms with van der Waals surface area (Å²) >= 11 is 0. The molecule has 0 saturated heterocycles. The van der Waals surface area contributed by atoms with Crippen molar-refractivity contribution < 1.29 is 48.5 Å². The van der Waals surface area contributed by atoms with Crippen LogP contribution in [0.3, 0.4) is 0 Å². The van der Waals surface area contributed by atoms with Crippen LogP contribution in [0.15, 0.2) is 36.4 Å². The number of phenolic OH excluding ortho intramolecular Hbond substituents is 2. The summed E-state index contributed by atoms with van der Waals surface area (Å²) in [6, 6.07) is 8.11. The highest BCUT2D eigenvalue weighted by Crippen LogP contribution is 2.31. The van der Waals surface area contributed by atoms with Crippen LogP contribution in [0.1, 0.15) is 31.8 Å². The molecule has 0 radical (unpaired) electrons. The molecule has 0 spiro atoms. The van der Waals surface area contributed by atoms with Crippen LogP contribution < -0.4 is 0 Å². The Morgan fingerprint density at radius 2 is 0.846 bits per heavy atom. The van der Waals surface area contributed by atoms with Crippen molar-refractivity contribution in [2.24, 2.45) is 0 Å². The van der Waals surface area contributed by atoms with Crippen LogP contribution in [0, 0.1) is 0 Å². The van der Waals surface area contributed by atoms with Crippen molar-refractivity contribution in [1.82, 2.24) is 0 Å². The molecule has 6 N–H and O–H groups in total. The van der Waals surface area contributed by atoms with Gasteiger partial charge in [0.15, 0.2) is 11.6 Å². The summed E-state index contributed by atoms with van der Waals surface area (Å²) < 4.78 is 17.5. The zero-order valence-electron chi connectivity index (χ0n) is 12.8. The molecule has 0 aromatic heterocycles. The first-order valence-corrected chi connectivity index (χ1v) is 9.24. The molecule has 0 atom stereocenters. The molecule has 0 aliphatic heterocycles. The number of fused-ring (bicyclic) bond motifs is 2. The van der Waals surface area contributed by atoms with Crippen molar-refractivity contribution in [2.75, 3.05) is 0 Å². The van der Waals surface area contributed by atoms with Gasteiger partial charge in [-0.3, -0.25) is 18.7 Å². The van der Waals surface area contributed by atoms with Crippen LogP contribution >= 0.6 is 16.5 Å². The van der Waals surface area contributed by atoms with Crippen molar-refractivity contribution in [2.45, 2.75) is 0 Å². The normalized spacial score (nSPS) is 11.8. The summed E-state index contributed by atoms with van der Waals surface area (Å²) in [4.78, 5) is 53.0. The third-order valence-corrected chi connectivity index (χ3v) is 2.98. The fourth-order valence-corrected chi connectivity index (χ4v) is 2.13. The van der Waals surface area contributed by atoms with Gasteiger partial charge in [0, 0.05) is 22.3 Å². The molecule has 1 aliphatic carbocycles. The predicted octanol–water partition coefficient (Wildman–Crippen LogP) is 0.595. The van der Waals surface area contributed by atoms with Crippen LogP contribution in [0.25, 0.3) is 0 Å². The Morgan fingerprint density at radius 1 is 0.577 bits per heavy atom. The molecule has 12 heteroatoms. The zero-order valence-corrected chi connectivity index (χ0v) is 14.8. The lowest BCUT2D eigenvalue weighted by Crippen LogP contribution is -2.20. The Morgan fingerprint density at radius 3 is 1.12 bits per heavy atom. The Balaban J connectivity index is 0.000000360. The minimum atomic E-state index is -3.13. The summed E-state index contributed by atoms with van der Waals surface area (Å²) in [7, 11) is -6.26. The molecule has 10 nitrogen and oxygen atoms in total. The van der Waals surface area contributed by atoms with Gasteiger partial charge < -0.3 is 29.8 Å². The average Bonchev–Trinajstić information content (AvgIpc) is 2.51. The summed E-state index contributed by atoms with van der Waals surface area (Å²) in [5, 5.41) is 18.8. The van der Waals surface area contributed by atoms with Gasteiger partial charge in [-0.1, -0.05) is 0 Å². The number of carbonyl (C=O) groups is 2. The van der Waals surface area contributed by atoms with E-state index in [1.54, 1.807) is 0 Å². The van der Waals surface area contributed by atoms with Gasteiger partial charge in [0.05, 0.1) is 0 Å². The van der Waals surface area contributed by atoms with Gasteiger partial charge in [-0.15, -0.1) is 0 Å². The van der Waals surface area contributed by atoms with Crippen molar-refractivity contribution in [3.8, 4) is 11.5 Å². The molecule has 0 bridgehead atoms. The highest BCUT2D eigenvalue weighted by Gasteiger charge is 2.29. The summed E-state index contributed by atoms with van der Waals surface area (Å²) in [5.74, 6) is -0.764. The third-order valence-electron chi connectivity index (χ3n) is 2.98. The maximum absolute atomic E-state index is 12.2. The SMILES string of the molecule is O=C1c2ccc(O)cc2C(=O)c2ccc(O)cc21.O=[PH](O)O.O=[PH](O)O. The van der Waals surface area contributed by atoms with E-state index in [1.165, 1.54) is 36.4 Å². The predicted molar refractivity (Wildman–Crippen MR) is 90.0 cm³/mol. The molecular formula is C14H14O10P2. The van der Waals surface area contributed by atoms with Gasteiger partial charge in [-0.05, 0) is 36.4 Å². The fourth-order valence-electron chi connectivity index (χ4n) is 2.13. The standard InChI is InChI=1S/C14H8O4.2H3O3P/c15-7-1-3-9-11(5-7)14(18)10-4-2-8(16)6-12(10)13(9)17;2*1-4(2)3/h1-6,15-16H;2*4H,(H2,1,2,3). The van der Waals surface area contributed by atoms with Crippen molar-refractivity contribution >= 4 is 28.1 Å². The van der Waals surface area contributed by atoms with E-state index in [2.05, 4.69) is 0 Å². The van der Waals surface area contributed by atoms with E-state index in [-0.39, 0.29) is 45.3 Å². The topological polar surface area (TPSA) is 190 Å². The minimum absolute atomic E-state index is 0.0582. The second-order valence-corrected chi connectivity index (χ2v) is 5.81. The Bertz CT molecular complexity index is 812. The monoisotopic (exact) mass is 404 g/mol. The van der Waals surface area contributed by atoms with Crippen LogP contribution in [-0.4, -0.2) is 41.4 Å². The van der Waals surface area contributed by atoms with Gasteiger partial charge in [0.25, 0.3) is 0 Å². The van der Waals surface area contributed by atoms with Crippen LogP contribution in [0.2, 0.25) is 0 Å². The maximum atomic E-state index is 12.2. The highest BCUT2D eigenvalue weighted by molar-refractivity contribution is 7.31. The smallest absolute Gasteiger partial charge is 0.314 e. The van der Waals surface area contributed by atoms with E-state index in [9.17, 15) is 19.8 Å². The molecule has 1 aliphatic rings. The summed E-state index contributed by atoms with van der Waals surface area (Å²) in [5.41, 5.74) is 0.878. The molecule has 0 heterocycles. The lowest BCUT2D eigenvalue weighted by Gasteiger charge is -2.17. The molecule has 0 saturated carbocycles. The second kappa shape index (κ2) is 9.40. The molecule has 140 valence electrons. The van der Waals surface area contributed by atoms with Gasteiger partial charge in [-0.25, -0.2) is 0 Å². The van der Waals surface area contributed by atoms with E-state index in [0.29, 0.717) is 0 Å². The number of ketones is 2. The van der Waals surface area contributed by atoms with Crippen LogP contribution in [-0.2, 0) is 9.13 Å². The molecule has 0 amide bonds.